The number of hydrogen-bond acceptors (Lipinski definition) is 3. The van der Waals surface area contributed by atoms with Gasteiger partial charge in [-0.3, -0.25) is 0 Å². The van der Waals surface area contributed by atoms with Crippen LogP contribution in [0.25, 0.3) is 0 Å². The smallest absolute Gasteiger partial charge is 1.00 e. The van der Waals surface area contributed by atoms with Crippen molar-refractivity contribution >= 4 is 0 Å². The maximum atomic E-state index is 3.67. The van der Waals surface area contributed by atoms with Crippen molar-refractivity contribution < 1.29 is 69.1 Å². The summed E-state index contributed by atoms with van der Waals surface area (Å²) < 4.78 is 0. The summed E-state index contributed by atoms with van der Waals surface area (Å²) in [6, 6.07) is 0. The molecule has 1 radical (unpaired) electrons. The first-order chi connectivity index (χ1) is 7.50. The molecule has 0 bridgehead atoms. The minimum absolute atomic E-state index is 0. The molecular weight excluding hydrogens is 435 g/mol. The molecule has 0 saturated heterocycles. The molecule has 3 rings (SSSR count). The third kappa shape index (κ3) is 22.6. The summed E-state index contributed by atoms with van der Waals surface area (Å²) in [6.07, 6.45) is 15.2. The summed E-state index contributed by atoms with van der Waals surface area (Å²) in [6.45, 7) is 0. The zero-order valence-corrected chi connectivity index (χ0v) is 14.7. The summed E-state index contributed by atoms with van der Waals surface area (Å²) in [5, 5.41) is 0. The Kier molecular flexibility index (Phi) is 42.6. The Morgan fingerprint density at radius 2 is 0.750 bits per heavy atom. The molecule has 0 aliphatic carbocycles. The van der Waals surface area contributed by atoms with Crippen molar-refractivity contribution in [2.45, 2.75) is 0 Å². The van der Waals surface area contributed by atoms with Gasteiger partial charge in [0.2, 0.25) is 0 Å². The number of rotatable bonds is 0. The van der Waals surface area contributed by atoms with E-state index in [1.54, 1.807) is 56.2 Å². The van der Waals surface area contributed by atoms with Crippen LogP contribution in [0.5, 0.6) is 0 Å². The first kappa shape index (κ1) is 31.7. The number of hydrogen-bond donors (Lipinski definition) is 3. The van der Waals surface area contributed by atoms with Crippen molar-refractivity contribution in [3.05, 3.63) is 56.2 Å². The maximum Gasteiger partial charge on any atom is 3.00 e. The van der Waals surface area contributed by atoms with Crippen LogP contribution in [0.15, 0.2) is 56.2 Å². The van der Waals surface area contributed by atoms with Crippen molar-refractivity contribution in [3.8, 4) is 0 Å². The predicted molar refractivity (Wildman–Crippen MR) is 55.8 cm³/mol. The average molecular weight is 447 g/mol. The second kappa shape index (κ2) is 26.9. The second-order valence-electron chi connectivity index (χ2n) is 2.28. The Morgan fingerprint density at radius 3 is 0.800 bits per heavy atom. The molecule has 0 aliphatic heterocycles. The Bertz CT molecular complexity index is 266. The fraction of sp³-hybridized carbons (Fsp3) is 0. The first-order valence-electron chi connectivity index (χ1n) is 4.28. The first-order valence-corrected chi connectivity index (χ1v) is 4.28. The van der Waals surface area contributed by atoms with E-state index in [0.29, 0.717) is 0 Å². The molecule has 6 nitrogen and oxygen atoms in total. The Balaban J connectivity index is -0.0000000500. The van der Waals surface area contributed by atoms with Gasteiger partial charge in [0.15, 0.2) is 0 Å². The zero-order valence-electron chi connectivity index (χ0n) is 9.90. The molecule has 20 heavy (non-hydrogen) atoms. The van der Waals surface area contributed by atoms with Crippen LogP contribution in [0.4, 0.5) is 0 Å². The topological polar surface area (TPSA) is 86.0 Å². The van der Waals surface area contributed by atoms with E-state index in [1.807, 2.05) is 0 Å². The van der Waals surface area contributed by atoms with Gasteiger partial charge in [0.25, 0.3) is 0 Å². The number of nitrogens with one attached hydrogen (secondary N) is 3. The quantitative estimate of drug-likeness (QED) is 0.300. The van der Waals surface area contributed by atoms with E-state index in [-0.39, 0.29) is 69.1 Å². The molecule has 3 heterocycles. The molecular formula is C9H12Cl4N6Ru-. The Morgan fingerprint density at radius 1 is 0.500 bits per heavy atom. The Hall–Kier alpha value is -0.587. The molecule has 0 aromatic carbocycles. The van der Waals surface area contributed by atoms with Gasteiger partial charge >= 0.3 is 19.5 Å². The number of halogens is 4. The van der Waals surface area contributed by atoms with Crippen LogP contribution in [-0.2, 0) is 19.5 Å². The summed E-state index contributed by atoms with van der Waals surface area (Å²) in [7, 11) is 0. The maximum absolute atomic E-state index is 3.67. The van der Waals surface area contributed by atoms with Gasteiger partial charge in [0.1, 0.15) is 0 Å². The number of nitrogens with zero attached hydrogens (tertiary/aromatic N) is 3. The molecule has 0 amide bonds. The fourth-order valence-electron chi connectivity index (χ4n) is 0.645. The van der Waals surface area contributed by atoms with Gasteiger partial charge in [-0.15, -0.1) is 0 Å². The Labute approximate surface area is 154 Å². The van der Waals surface area contributed by atoms with Crippen LogP contribution >= 0.6 is 0 Å². The van der Waals surface area contributed by atoms with Crippen molar-refractivity contribution in [1.82, 2.24) is 29.9 Å². The van der Waals surface area contributed by atoms with Crippen molar-refractivity contribution in [2.24, 2.45) is 0 Å². The minimum Gasteiger partial charge on any atom is -1.00 e. The van der Waals surface area contributed by atoms with Gasteiger partial charge in [0, 0.05) is 37.2 Å². The van der Waals surface area contributed by atoms with Crippen LogP contribution in [0.3, 0.4) is 0 Å². The van der Waals surface area contributed by atoms with Gasteiger partial charge in [-0.25, -0.2) is 15.0 Å². The van der Waals surface area contributed by atoms with Gasteiger partial charge in [-0.1, -0.05) is 0 Å². The second-order valence-corrected chi connectivity index (χ2v) is 2.28. The molecule has 0 atom stereocenters. The number of imidazole rings is 3. The van der Waals surface area contributed by atoms with E-state index in [2.05, 4.69) is 29.9 Å². The van der Waals surface area contributed by atoms with E-state index in [4.69, 9.17) is 0 Å². The largest absolute Gasteiger partial charge is 3.00 e. The molecule has 0 aliphatic rings. The third-order valence-electron chi connectivity index (χ3n) is 1.22. The van der Waals surface area contributed by atoms with Crippen molar-refractivity contribution in [3.63, 3.8) is 0 Å². The van der Waals surface area contributed by atoms with E-state index >= 15 is 0 Å². The van der Waals surface area contributed by atoms with Crippen molar-refractivity contribution in [2.75, 3.05) is 0 Å². The van der Waals surface area contributed by atoms with Crippen LogP contribution in [-0.4, -0.2) is 29.9 Å². The standard InChI is InChI=1S/3C3H4N2.4ClH.Ru/c3*1-2-5-3-4-1;;;;;/h3*1-3H,(H,4,5);4*1H;/q;;;;;;;+3/p-4. The number of aromatic nitrogens is 6. The van der Waals surface area contributed by atoms with Crippen LogP contribution < -0.4 is 49.6 Å². The summed E-state index contributed by atoms with van der Waals surface area (Å²) in [5.74, 6) is 0. The fourth-order valence-corrected chi connectivity index (χ4v) is 0.645. The number of H-pyrrole nitrogens is 3. The van der Waals surface area contributed by atoms with Crippen LogP contribution in [0.2, 0.25) is 0 Å². The number of aromatic amines is 3. The molecule has 11 heteroatoms. The molecule has 0 unspecified atom stereocenters. The van der Waals surface area contributed by atoms with Gasteiger partial charge < -0.3 is 64.6 Å². The van der Waals surface area contributed by atoms with Crippen LogP contribution in [0, 0.1) is 0 Å². The molecule has 3 aromatic heterocycles. The molecule has 3 N–H and O–H groups in total. The van der Waals surface area contributed by atoms with Crippen LogP contribution in [0.1, 0.15) is 0 Å². The summed E-state index contributed by atoms with van der Waals surface area (Å²) in [4.78, 5) is 19.2. The molecule has 0 spiro atoms. The SMILES string of the molecule is [Cl-].[Cl-].[Cl-].[Cl-].[Ru+3].c1c[nH]cn1.c1c[nH]cn1.c1c[nH]cn1. The minimum atomic E-state index is 0. The average Bonchev–Trinajstić information content (AvgIpc) is 3.09. The monoisotopic (exact) mass is 446 g/mol. The van der Waals surface area contributed by atoms with E-state index < -0.39 is 0 Å². The predicted octanol–water partition coefficient (Wildman–Crippen LogP) is -10.8. The van der Waals surface area contributed by atoms with Crippen molar-refractivity contribution in [1.29, 1.82) is 0 Å². The third-order valence-corrected chi connectivity index (χ3v) is 1.22. The molecule has 115 valence electrons. The molecule has 3 aromatic rings. The molecule has 0 saturated carbocycles. The normalized spacial score (nSPS) is 6.00. The van der Waals surface area contributed by atoms with E-state index in [0.717, 1.165) is 0 Å². The van der Waals surface area contributed by atoms with Gasteiger partial charge in [0.05, 0.1) is 19.0 Å². The van der Waals surface area contributed by atoms with Gasteiger partial charge in [-0.05, 0) is 0 Å². The summed E-state index contributed by atoms with van der Waals surface area (Å²) in [5.41, 5.74) is 0. The van der Waals surface area contributed by atoms with E-state index in [9.17, 15) is 0 Å². The van der Waals surface area contributed by atoms with Gasteiger partial charge in [-0.2, -0.15) is 0 Å². The van der Waals surface area contributed by atoms with E-state index in [1.165, 1.54) is 0 Å². The molecule has 0 fully saturated rings. The zero-order chi connectivity index (χ0) is 10.6. The summed E-state index contributed by atoms with van der Waals surface area (Å²) >= 11 is 0.